The predicted octanol–water partition coefficient (Wildman–Crippen LogP) is 6.69. The van der Waals surface area contributed by atoms with Crippen molar-refractivity contribution < 1.29 is 14.3 Å². The first-order valence-corrected chi connectivity index (χ1v) is 13.2. The molecule has 0 bridgehead atoms. The van der Waals surface area contributed by atoms with Crippen LogP contribution in [0.4, 0.5) is 5.00 Å². The summed E-state index contributed by atoms with van der Waals surface area (Å²) in [5.41, 5.74) is 4.27. The minimum atomic E-state index is -0.359. The fraction of sp³-hybridized carbons (Fsp3) is 0.276. The van der Waals surface area contributed by atoms with Gasteiger partial charge in [-0.15, -0.1) is 11.3 Å². The van der Waals surface area contributed by atoms with Gasteiger partial charge in [-0.05, 0) is 56.7 Å². The van der Waals surface area contributed by atoms with E-state index in [0.29, 0.717) is 21.8 Å². The zero-order chi connectivity index (χ0) is 25.1. The second-order valence-electron chi connectivity index (χ2n) is 9.03. The first kappa shape index (κ1) is 24.0. The van der Waals surface area contributed by atoms with Crippen molar-refractivity contribution in [2.75, 3.05) is 5.32 Å². The summed E-state index contributed by atoms with van der Waals surface area (Å²) >= 11 is 1.49. The van der Waals surface area contributed by atoms with Crippen molar-refractivity contribution in [2.45, 2.75) is 52.1 Å². The minimum absolute atomic E-state index is 0.186. The number of carbonyl (C=O) groups excluding carboxylic acids is 2. The lowest BCUT2D eigenvalue weighted by Crippen LogP contribution is -2.19. The molecule has 2 aromatic carbocycles. The number of fused-ring (bicyclic) bond motifs is 1. The molecule has 184 valence electrons. The van der Waals surface area contributed by atoms with Crippen LogP contribution in [0.2, 0.25) is 0 Å². The summed E-state index contributed by atoms with van der Waals surface area (Å²) in [5.74, 6) is -0.658. The summed E-state index contributed by atoms with van der Waals surface area (Å²) in [6.45, 7) is 3.87. The highest BCUT2D eigenvalue weighted by atomic mass is 32.1. The molecular formula is C29H29N3O3S. The summed E-state index contributed by atoms with van der Waals surface area (Å²) in [7, 11) is 0. The number of anilines is 1. The monoisotopic (exact) mass is 499 g/mol. The average Bonchev–Trinajstić information content (AvgIpc) is 3.52. The Balaban J connectivity index is 1.53. The van der Waals surface area contributed by atoms with Crippen molar-refractivity contribution in [3.05, 3.63) is 88.4 Å². The third-order valence-corrected chi connectivity index (χ3v) is 7.72. The van der Waals surface area contributed by atoms with E-state index in [1.54, 1.807) is 10.9 Å². The van der Waals surface area contributed by atoms with Crippen LogP contribution in [-0.4, -0.2) is 27.8 Å². The number of esters is 1. The van der Waals surface area contributed by atoms with Crippen LogP contribution in [0, 0.1) is 0 Å². The van der Waals surface area contributed by atoms with Crippen LogP contribution in [0.3, 0.4) is 0 Å². The molecule has 36 heavy (non-hydrogen) atoms. The lowest BCUT2D eigenvalue weighted by molar-refractivity contribution is 0.0335. The molecule has 1 aliphatic carbocycles. The summed E-state index contributed by atoms with van der Waals surface area (Å²) in [6.07, 6.45) is 6.16. The number of benzene rings is 2. The van der Waals surface area contributed by atoms with Gasteiger partial charge in [-0.3, -0.25) is 4.79 Å². The molecule has 0 saturated heterocycles. The Hall–Kier alpha value is -3.71. The van der Waals surface area contributed by atoms with Crippen LogP contribution in [0.5, 0.6) is 0 Å². The van der Waals surface area contributed by atoms with Gasteiger partial charge >= 0.3 is 5.97 Å². The second-order valence-corrected chi connectivity index (χ2v) is 10.1. The zero-order valence-corrected chi connectivity index (χ0v) is 21.3. The largest absolute Gasteiger partial charge is 0.459 e. The van der Waals surface area contributed by atoms with E-state index in [2.05, 4.69) is 5.32 Å². The molecule has 0 radical (unpaired) electrons. The van der Waals surface area contributed by atoms with E-state index >= 15 is 0 Å². The molecular weight excluding hydrogens is 470 g/mol. The number of ether oxygens (including phenoxy) is 1. The number of hydrogen-bond acceptors (Lipinski definition) is 5. The quantitative estimate of drug-likeness (QED) is 0.288. The molecule has 2 heterocycles. The molecule has 4 aromatic rings. The van der Waals surface area contributed by atoms with Gasteiger partial charge in [-0.1, -0.05) is 55.5 Å². The number of nitrogens with zero attached hydrogens (tertiary/aromatic N) is 2. The molecule has 1 aliphatic rings. The van der Waals surface area contributed by atoms with Crippen molar-refractivity contribution >= 4 is 28.2 Å². The Morgan fingerprint density at radius 2 is 1.75 bits per heavy atom. The molecule has 0 saturated carbocycles. The zero-order valence-electron chi connectivity index (χ0n) is 20.5. The van der Waals surface area contributed by atoms with Crippen molar-refractivity contribution in [3.63, 3.8) is 0 Å². The normalized spacial score (nSPS) is 13.6. The number of carbonyl (C=O) groups is 2. The Morgan fingerprint density at radius 3 is 2.47 bits per heavy atom. The molecule has 1 amide bonds. The van der Waals surface area contributed by atoms with Crippen LogP contribution in [0.1, 0.15) is 64.3 Å². The number of thiophene rings is 1. The molecule has 0 aliphatic heterocycles. The van der Waals surface area contributed by atoms with Crippen LogP contribution >= 0.6 is 11.3 Å². The van der Waals surface area contributed by atoms with E-state index in [4.69, 9.17) is 9.84 Å². The second kappa shape index (κ2) is 10.5. The van der Waals surface area contributed by atoms with E-state index < -0.39 is 0 Å². The van der Waals surface area contributed by atoms with Gasteiger partial charge in [0.25, 0.3) is 5.91 Å². The Labute approximate surface area is 214 Å². The molecule has 1 unspecified atom stereocenters. The van der Waals surface area contributed by atoms with Gasteiger partial charge < -0.3 is 10.1 Å². The van der Waals surface area contributed by atoms with Crippen molar-refractivity contribution in [1.82, 2.24) is 9.78 Å². The third-order valence-electron chi connectivity index (χ3n) is 6.51. The summed E-state index contributed by atoms with van der Waals surface area (Å²) in [6, 6.07) is 19.4. The lowest BCUT2D eigenvalue weighted by atomic mass is 9.95. The highest BCUT2D eigenvalue weighted by Gasteiger charge is 2.29. The number of aryl methyl sites for hydroxylation is 1. The van der Waals surface area contributed by atoms with Gasteiger partial charge in [0.2, 0.25) is 0 Å². The SMILES string of the molecule is CCC(C)OC(=O)c1c(NC(=O)c2cn(-c3ccccc3)nc2-c2ccccc2)sc2c1CCCC2. The number of para-hydroxylation sites is 1. The first-order valence-electron chi connectivity index (χ1n) is 12.4. The van der Waals surface area contributed by atoms with Gasteiger partial charge in [0.1, 0.15) is 10.7 Å². The van der Waals surface area contributed by atoms with Crippen LogP contribution in [0.25, 0.3) is 16.9 Å². The van der Waals surface area contributed by atoms with Crippen molar-refractivity contribution in [3.8, 4) is 16.9 Å². The minimum Gasteiger partial charge on any atom is -0.459 e. The molecule has 7 heteroatoms. The number of amides is 1. The van der Waals surface area contributed by atoms with Gasteiger partial charge in [0, 0.05) is 16.6 Å². The van der Waals surface area contributed by atoms with Crippen molar-refractivity contribution in [1.29, 1.82) is 0 Å². The van der Waals surface area contributed by atoms with Gasteiger partial charge in [0.15, 0.2) is 0 Å². The van der Waals surface area contributed by atoms with E-state index in [1.807, 2.05) is 74.5 Å². The topological polar surface area (TPSA) is 73.2 Å². The molecule has 1 atom stereocenters. The van der Waals surface area contributed by atoms with E-state index in [9.17, 15) is 9.59 Å². The molecule has 6 nitrogen and oxygen atoms in total. The smallest absolute Gasteiger partial charge is 0.341 e. The first-order chi connectivity index (χ1) is 17.5. The summed E-state index contributed by atoms with van der Waals surface area (Å²) in [5, 5.41) is 8.37. The molecule has 1 N–H and O–H groups in total. The van der Waals surface area contributed by atoms with Crippen LogP contribution < -0.4 is 5.32 Å². The van der Waals surface area contributed by atoms with Crippen LogP contribution in [-0.2, 0) is 17.6 Å². The number of hydrogen-bond donors (Lipinski definition) is 1. The Morgan fingerprint density at radius 1 is 1.06 bits per heavy atom. The maximum absolute atomic E-state index is 13.7. The molecule has 0 fully saturated rings. The summed E-state index contributed by atoms with van der Waals surface area (Å²) < 4.78 is 7.41. The average molecular weight is 500 g/mol. The highest BCUT2D eigenvalue weighted by molar-refractivity contribution is 7.17. The third kappa shape index (κ3) is 4.84. The van der Waals surface area contributed by atoms with Gasteiger partial charge in [-0.25, -0.2) is 9.48 Å². The maximum Gasteiger partial charge on any atom is 0.341 e. The van der Waals surface area contributed by atoms with Gasteiger partial charge in [0.05, 0.1) is 22.9 Å². The van der Waals surface area contributed by atoms with Crippen LogP contribution in [0.15, 0.2) is 66.9 Å². The molecule has 2 aromatic heterocycles. The summed E-state index contributed by atoms with van der Waals surface area (Å²) in [4.78, 5) is 28.1. The Kier molecular flexibility index (Phi) is 7.00. The number of aromatic nitrogens is 2. The van der Waals surface area contributed by atoms with E-state index in [1.165, 1.54) is 11.3 Å². The fourth-order valence-corrected chi connectivity index (χ4v) is 5.70. The lowest BCUT2D eigenvalue weighted by Gasteiger charge is -2.15. The van der Waals surface area contributed by atoms with E-state index in [0.717, 1.165) is 53.8 Å². The number of rotatable bonds is 7. The fourth-order valence-electron chi connectivity index (χ4n) is 4.43. The van der Waals surface area contributed by atoms with E-state index in [-0.39, 0.29) is 18.0 Å². The van der Waals surface area contributed by atoms with Gasteiger partial charge in [-0.2, -0.15) is 5.10 Å². The maximum atomic E-state index is 13.7. The highest BCUT2D eigenvalue weighted by Crippen LogP contribution is 2.39. The Bertz CT molecular complexity index is 1380. The molecule has 5 rings (SSSR count). The number of nitrogens with one attached hydrogen (secondary N) is 1. The predicted molar refractivity (Wildman–Crippen MR) is 143 cm³/mol. The van der Waals surface area contributed by atoms with Crippen molar-refractivity contribution in [2.24, 2.45) is 0 Å². The molecule has 0 spiro atoms. The standard InChI is InChI=1S/C29H29N3O3S/c1-3-19(2)35-29(34)25-22-16-10-11-17-24(22)36-28(25)30-27(33)23-18-32(21-14-8-5-9-15-21)31-26(23)20-12-6-4-7-13-20/h4-9,12-15,18-19H,3,10-11,16-17H2,1-2H3,(H,30,33).